The minimum Gasteiger partial charge on any atom is -0.318 e. The molecule has 0 fully saturated rings. The van der Waals surface area contributed by atoms with Crippen LogP contribution in [0.2, 0.25) is 0 Å². The molecule has 22 heavy (non-hydrogen) atoms. The summed E-state index contributed by atoms with van der Waals surface area (Å²) in [4.78, 5) is 23.3. The van der Waals surface area contributed by atoms with E-state index in [2.05, 4.69) is 15.8 Å². The summed E-state index contributed by atoms with van der Waals surface area (Å²) in [5.41, 5.74) is 4.76. The summed E-state index contributed by atoms with van der Waals surface area (Å²) < 4.78 is 0. The highest BCUT2D eigenvalue weighted by Gasteiger charge is 2.12. The Morgan fingerprint density at radius 3 is 2.32 bits per heavy atom. The van der Waals surface area contributed by atoms with E-state index < -0.39 is 11.8 Å². The first-order valence-corrected chi connectivity index (χ1v) is 6.97. The first kappa shape index (κ1) is 15.4. The molecule has 0 heterocycles. The topological polar surface area (TPSA) is 70.6 Å². The standard InChI is InChI=1S/C17H17N3O2/c1-2-13-8-10-15(11-9-13)19-16(21)17(22)20-18-12-14-6-4-3-5-7-14/h3-12H,2H2,1H3,(H,19,21)(H,20,22)/b18-12+. The average Bonchev–Trinajstić information content (AvgIpc) is 2.56. The maximum Gasteiger partial charge on any atom is 0.329 e. The van der Waals surface area contributed by atoms with Crippen molar-refractivity contribution in [2.75, 3.05) is 5.32 Å². The molecule has 5 heteroatoms. The van der Waals surface area contributed by atoms with E-state index in [9.17, 15) is 9.59 Å². The third-order valence-electron chi connectivity index (χ3n) is 3.01. The summed E-state index contributed by atoms with van der Waals surface area (Å²) in [5, 5.41) is 6.26. The van der Waals surface area contributed by atoms with Gasteiger partial charge in [-0.2, -0.15) is 5.10 Å². The molecule has 0 aliphatic carbocycles. The number of anilines is 1. The van der Waals surface area contributed by atoms with Crippen LogP contribution in [-0.4, -0.2) is 18.0 Å². The molecule has 0 aliphatic heterocycles. The smallest absolute Gasteiger partial charge is 0.318 e. The van der Waals surface area contributed by atoms with Gasteiger partial charge in [0.25, 0.3) is 0 Å². The Morgan fingerprint density at radius 1 is 1.00 bits per heavy atom. The summed E-state index contributed by atoms with van der Waals surface area (Å²) >= 11 is 0. The molecule has 0 saturated heterocycles. The van der Waals surface area contributed by atoms with Gasteiger partial charge in [-0.15, -0.1) is 0 Å². The van der Waals surface area contributed by atoms with E-state index in [1.54, 1.807) is 12.1 Å². The molecule has 5 nitrogen and oxygen atoms in total. The third kappa shape index (κ3) is 4.56. The normalized spacial score (nSPS) is 10.4. The lowest BCUT2D eigenvalue weighted by Gasteiger charge is -2.04. The van der Waals surface area contributed by atoms with E-state index >= 15 is 0 Å². The van der Waals surface area contributed by atoms with Crippen LogP contribution in [0, 0.1) is 0 Å². The molecule has 0 radical (unpaired) electrons. The van der Waals surface area contributed by atoms with Gasteiger partial charge in [0.15, 0.2) is 0 Å². The van der Waals surface area contributed by atoms with Gasteiger partial charge in [0.1, 0.15) is 0 Å². The SMILES string of the molecule is CCc1ccc(NC(=O)C(=O)N/N=C/c2ccccc2)cc1. The Morgan fingerprint density at radius 2 is 1.68 bits per heavy atom. The number of hydrogen-bond acceptors (Lipinski definition) is 3. The Kier molecular flexibility index (Phi) is 5.43. The van der Waals surface area contributed by atoms with Gasteiger partial charge in [0, 0.05) is 5.69 Å². The van der Waals surface area contributed by atoms with Crippen molar-refractivity contribution in [2.24, 2.45) is 5.10 Å². The van der Waals surface area contributed by atoms with Crippen LogP contribution in [0.3, 0.4) is 0 Å². The van der Waals surface area contributed by atoms with Crippen molar-refractivity contribution in [1.29, 1.82) is 0 Å². The van der Waals surface area contributed by atoms with Gasteiger partial charge in [-0.1, -0.05) is 49.4 Å². The van der Waals surface area contributed by atoms with Gasteiger partial charge in [-0.3, -0.25) is 9.59 Å². The lowest BCUT2D eigenvalue weighted by Crippen LogP contribution is -2.32. The number of amides is 2. The zero-order valence-electron chi connectivity index (χ0n) is 12.2. The number of rotatable bonds is 4. The van der Waals surface area contributed by atoms with E-state index in [-0.39, 0.29) is 0 Å². The minimum absolute atomic E-state index is 0.574. The Hall–Kier alpha value is -2.95. The first-order valence-electron chi connectivity index (χ1n) is 6.97. The molecular weight excluding hydrogens is 278 g/mol. The van der Waals surface area contributed by atoms with Crippen LogP contribution in [0.5, 0.6) is 0 Å². The predicted octanol–water partition coefficient (Wildman–Crippen LogP) is 2.34. The Labute approximate surface area is 129 Å². The summed E-state index contributed by atoms with van der Waals surface area (Å²) in [6.07, 6.45) is 2.39. The minimum atomic E-state index is -0.813. The lowest BCUT2D eigenvalue weighted by molar-refractivity contribution is -0.136. The highest BCUT2D eigenvalue weighted by atomic mass is 16.2. The second-order valence-corrected chi connectivity index (χ2v) is 4.61. The number of carbonyl (C=O) groups is 2. The van der Waals surface area contributed by atoms with E-state index in [0.29, 0.717) is 5.69 Å². The van der Waals surface area contributed by atoms with Crippen molar-refractivity contribution in [2.45, 2.75) is 13.3 Å². The van der Waals surface area contributed by atoms with Gasteiger partial charge in [-0.05, 0) is 29.7 Å². The molecular formula is C17H17N3O2. The van der Waals surface area contributed by atoms with Crippen molar-refractivity contribution in [3.63, 3.8) is 0 Å². The van der Waals surface area contributed by atoms with E-state index in [4.69, 9.17) is 0 Å². The van der Waals surface area contributed by atoms with Crippen LogP contribution in [0.1, 0.15) is 18.1 Å². The Bertz CT molecular complexity index is 664. The van der Waals surface area contributed by atoms with Gasteiger partial charge in [0.2, 0.25) is 0 Å². The zero-order valence-corrected chi connectivity index (χ0v) is 12.2. The fourth-order valence-electron chi connectivity index (χ4n) is 1.77. The average molecular weight is 295 g/mol. The van der Waals surface area contributed by atoms with E-state index in [0.717, 1.165) is 17.5 Å². The van der Waals surface area contributed by atoms with Gasteiger partial charge in [0.05, 0.1) is 6.21 Å². The number of benzene rings is 2. The quantitative estimate of drug-likeness (QED) is 0.516. The van der Waals surface area contributed by atoms with Crippen LogP contribution in [0.25, 0.3) is 0 Å². The van der Waals surface area contributed by atoms with Gasteiger partial charge >= 0.3 is 11.8 Å². The molecule has 0 spiro atoms. The van der Waals surface area contributed by atoms with Crippen LogP contribution >= 0.6 is 0 Å². The highest BCUT2D eigenvalue weighted by Crippen LogP contribution is 2.09. The number of carbonyl (C=O) groups excluding carboxylic acids is 2. The molecule has 2 rings (SSSR count). The summed E-state index contributed by atoms with van der Waals surface area (Å²) in [6.45, 7) is 2.05. The van der Waals surface area contributed by atoms with Crippen molar-refractivity contribution >= 4 is 23.7 Å². The van der Waals surface area contributed by atoms with Crippen molar-refractivity contribution in [3.05, 3.63) is 65.7 Å². The maximum atomic E-state index is 11.7. The number of hydrogen-bond donors (Lipinski definition) is 2. The van der Waals surface area contributed by atoms with Crippen molar-refractivity contribution in [3.8, 4) is 0 Å². The van der Waals surface area contributed by atoms with Crippen LogP contribution in [0.15, 0.2) is 59.7 Å². The fraction of sp³-hybridized carbons (Fsp3) is 0.118. The van der Waals surface area contributed by atoms with Crippen molar-refractivity contribution in [1.82, 2.24) is 5.43 Å². The maximum absolute atomic E-state index is 11.7. The molecule has 0 aromatic heterocycles. The molecule has 0 aliphatic rings. The van der Waals surface area contributed by atoms with Gasteiger partial charge < -0.3 is 5.32 Å². The highest BCUT2D eigenvalue weighted by molar-refractivity contribution is 6.39. The van der Waals surface area contributed by atoms with Crippen molar-refractivity contribution < 1.29 is 9.59 Å². The van der Waals surface area contributed by atoms with E-state index in [1.807, 2.05) is 49.4 Å². The number of hydrazone groups is 1. The Balaban J connectivity index is 1.86. The van der Waals surface area contributed by atoms with Crippen LogP contribution < -0.4 is 10.7 Å². The predicted molar refractivity (Wildman–Crippen MR) is 86.6 cm³/mol. The molecule has 2 amide bonds. The third-order valence-corrected chi connectivity index (χ3v) is 3.01. The molecule has 0 saturated carbocycles. The number of nitrogens with zero attached hydrogens (tertiary/aromatic N) is 1. The molecule has 0 unspecified atom stereocenters. The van der Waals surface area contributed by atoms with Gasteiger partial charge in [-0.25, -0.2) is 5.43 Å². The second-order valence-electron chi connectivity index (χ2n) is 4.61. The second kappa shape index (κ2) is 7.73. The van der Waals surface area contributed by atoms with Crippen LogP contribution in [0.4, 0.5) is 5.69 Å². The molecule has 0 atom stereocenters. The lowest BCUT2D eigenvalue weighted by atomic mass is 10.1. The summed E-state index contributed by atoms with van der Waals surface area (Å²) in [6, 6.07) is 16.6. The zero-order chi connectivity index (χ0) is 15.8. The number of nitrogens with one attached hydrogen (secondary N) is 2. The molecule has 112 valence electrons. The molecule has 2 aromatic carbocycles. The monoisotopic (exact) mass is 295 g/mol. The first-order chi connectivity index (χ1) is 10.7. The number of aryl methyl sites for hydroxylation is 1. The summed E-state index contributed by atoms with van der Waals surface area (Å²) in [7, 11) is 0. The fourth-order valence-corrected chi connectivity index (χ4v) is 1.77. The van der Waals surface area contributed by atoms with Crippen LogP contribution in [-0.2, 0) is 16.0 Å². The summed E-state index contributed by atoms with van der Waals surface area (Å²) in [5.74, 6) is -1.57. The molecule has 0 bridgehead atoms. The van der Waals surface area contributed by atoms with E-state index in [1.165, 1.54) is 6.21 Å². The molecule has 2 N–H and O–H groups in total. The molecule has 2 aromatic rings. The largest absolute Gasteiger partial charge is 0.329 e.